The minimum Gasteiger partial charge on any atom is -0.393 e. The number of hydrogen-bond acceptors (Lipinski definition) is 2. The van der Waals surface area contributed by atoms with Gasteiger partial charge in [0, 0.05) is 11.8 Å². The molecule has 0 spiro atoms. The van der Waals surface area contributed by atoms with Gasteiger partial charge in [0.05, 0.1) is 25.8 Å². The quantitative estimate of drug-likeness (QED) is 0.731. The largest absolute Gasteiger partial charge is 0.393 e. The van der Waals surface area contributed by atoms with Gasteiger partial charge in [0.1, 0.15) is 6.54 Å². The van der Waals surface area contributed by atoms with Crippen molar-refractivity contribution in [2.75, 3.05) is 20.2 Å². The van der Waals surface area contributed by atoms with Gasteiger partial charge in [0.25, 0.3) is 0 Å². The van der Waals surface area contributed by atoms with Crippen molar-refractivity contribution in [2.24, 2.45) is 34.5 Å². The summed E-state index contributed by atoms with van der Waals surface area (Å²) in [4.78, 5) is 1.56. The van der Waals surface area contributed by atoms with E-state index in [-0.39, 0.29) is 6.10 Å². The molecule has 0 radical (unpaired) electrons. The van der Waals surface area contributed by atoms with E-state index >= 15 is 0 Å². The zero-order valence-electron chi connectivity index (χ0n) is 16.6. The Balaban J connectivity index is 1.56. The number of hydrogen-bond donors (Lipinski definition) is 3. The highest BCUT2D eigenvalue weighted by Gasteiger charge is 2.61. The molecule has 3 heteroatoms. The molecule has 4 fully saturated rings. The van der Waals surface area contributed by atoms with E-state index in [1.807, 2.05) is 0 Å². The predicted octanol–water partition coefficient (Wildman–Crippen LogP) is 2.27. The lowest BCUT2D eigenvalue weighted by atomic mass is 9.45. The summed E-state index contributed by atoms with van der Waals surface area (Å²) in [7, 11) is 2.31. The van der Waals surface area contributed by atoms with Crippen LogP contribution in [0, 0.1) is 34.5 Å². The van der Waals surface area contributed by atoms with Crippen LogP contribution in [0.1, 0.15) is 71.6 Å². The van der Waals surface area contributed by atoms with Crippen molar-refractivity contribution >= 4 is 0 Å². The highest BCUT2D eigenvalue weighted by Crippen LogP contribution is 2.65. The van der Waals surface area contributed by atoms with Crippen molar-refractivity contribution in [3.63, 3.8) is 0 Å². The summed E-state index contributed by atoms with van der Waals surface area (Å²) in [6.45, 7) is 6.39. The smallest absolute Gasteiger partial charge is 0.101 e. The summed E-state index contributed by atoms with van der Waals surface area (Å²) in [6.07, 6.45) is 11.6. The molecule has 0 bridgehead atoms. The zero-order chi connectivity index (χ0) is 17.8. The van der Waals surface area contributed by atoms with E-state index in [1.165, 1.54) is 44.9 Å². The second-order valence-corrected chi connectivity index (χ2v) is 10.6. The Bertz CT molecular complexity index is 496. The molecule has 0 heterocycles. The zero-order valence-corrected chi connectivity index (χ0v) is 16.6. The van der Waals surface area contributed by atoms with Crippen molar-refractivity contribution in [1.82, 2.24) is 0 Å². The van der Waals surface area contributed by atoms with Gasteiger partial charge in [-0.15, -0.1) is 0 Å². The Kier molecular flexibility index (Phi) is 4.74. The van der Waals surface area contributed by atoms with E-state index in [2.05, 4.69) is 20.9 Å². The second-order valence-electron chi connectivity index (χ2n) is 10.6. The van der Waals surface area contributed by atoms with Gasteiger partial charge in [-0.25, -0.2) is 0 Å². The number of rotatable bonds is 3. The molecule has 0 aromatic rings. The third kappa shape index (κ3) is 2.72. The molecule has 9 atom stereocenters. The molecule has 144 valence electrons. The van der Waals surface area contributed by atoms with Gasteiger partial charge in [-0.05, 0) is 80.5 Å². The summed E-state index contributed by atoms with van der Waals surface area (Å²) in [5.41, 5.74) is 0.975. The van der Waals surface area contributed by atoms with Gasteiger partial charge < -0.3 is 15.1 Å². The topological polar surface area (TPSA) is 44.9 Å². The molecule has 4 aliphatic rings. The Morgan fingerprint density at radius 3 is 2.40 bits per heavy atom. The Labute approximate surface area is 154 Å². The summed E-state index contributed by atoms with van der Waals surface area (Å²) in [6, 6.07) is 0.740. The normalized spacial score (nSPS) is 53.6. The summed E-state index contributed by atoms with van der Waals surface area (Å²) >= 11 is 0. The number of fused-ring (bicyclic) bond motifs is 5. The fourth-order valence-corrected chi connectivity index (χ4v) is 8.40. The monoisotopic (exact) mass is 350 g/mol. The first kappa shape index (κ1) is 18.3. The number of quaternary nitrogens is 1. The lowest BCUT2D eigenvalue weighted by Gasteiger charge is -2.60. The third-order valence-corrected chi connectivity index (χ3v) is 9.74. The molecule has 4 saturated carbocycles. The van der Waals surface area contributed by atoms with Crippen LogP contribution in [0.5, 0.6) is 0 Å². The van der Waals surface area contributed by atoms with Gasteiger partial charge >= 0.3 is 0 Å². The van der Waals surface area contributed by atoms with Crippen LogP contribution < -0.4 is 4.90 Å². The first-order chi connectivity index (χ1) is 11.9. The molecule has 0 aromatic heterocycles. The van der Waals surface area contributed by atoms with E-state index in [1.54, 1.807) is 4.90 Å². The first-order valence-corrected chi connectivity index (χ1v) is 11.0. The van der Waals surface area contributed by atoms with Gasteiger partial charge in [0.15, 0.2) is 0 Å². The van der Waals surface area contributed by atoms with Gasteiger partial charge in [-0.2, -0.15) is 0 Å². The van der Waals surface area contributed by atoms with Crippen molar-refractivity contribution in [3.8, 4) is 0 Å². The standard InChI is InChI=1S/C22H39NO2/c1-21-10-8-16(25)14-15(21)4-5-17-18-6-7-20(23(3)12-13-24)22(18,2)11-9-19(17)21/h15-20,24-25H,4-14H2,1-3H3/p+1/t15-,16+,17+,18+,19-,20-,21-,22-/m0/s1. The fourth-order valence-electron chi connectivity index (χ4n) is 8.40. The van der Waals surface area contributed by atoms with E-state index in [4.69, 9.17) is 0 Å². The molecule has 3 nitrogen and oxygen atoms in total. The van der Waals surface area contributed by atoms with E-state index < -0.39 is 0 Å². The number of aliphatic hydroxyl groups excluding tert-OH is 2. The number of aliphatic hydroxyl groups is 2. The van der Waals surface area contributed by atoms with Crippen LogP contribution in [0.25, 0.3) is 0 Å². The molecule has 0 saturated heterocycles. The molecule has 25 heavy (non-hydrogen) atoms. The lowest BCUT2D eigenvalue weighted by molar-refractivity contribution is -0.913. The highest BCUT2D eigenvalue weighted by atomic mass is 16.3. The molecule has 0 amide bonds. The fraction of sp³-hybridized carbons (Fsp3) is 1.00. The molecular formula is C22H40NO2+. The van der Waals surface area contributed by atoms with Gasteiger partial charge in [-0.3, -0.25) is 0 Å². The number of nitrogens with one attached hydrogen (secondary N) is 1. The number of likely N-dealkylation sites (N-methyl/N-ethyl adjacent to an activating group) is 1. The summed E-state index contributed by atoms with van der Waals surface area (Å²) in [5, 5.41) is 19.6. The molecule has 0 aromatic carbocycles. The molecular weight excluding hydrogens is 310 g/mol. The summed E-state index contributed by atoms with van der Waals surface area (Å²) < 4.78 is 0. The van der Waals surface area contributed by atoms with Gasteiger partial charge in [0.2, 0.25) is 0 Å². The van der Waals surface area contributed by atoms with Gasteiger partial charge in [-0.1, -0.05) is 13.8 Å². The van der Waals surface area contributed by atoms with Crippen molar-refractivity contribution < 1.29 is 15.1 Å². The molecule has 1 unspecified atom stereocenters. The SMILES string of the molecule is C[NH+](CCO)[C@H]1CC[C@@H]2[C@H]3CC[C@H]4C[C@H](O)CC[C@]4(C)[C@H]3CC[C@@]21C. The van der Waals surface area contributed by atoms with Crippen LogP contribution in [-0.2, 0) is 0 Å². The minimum atomic E-state index is -0.0323. The van der Waals surface area contributed by atoms with E-state index in [0.29, 0.717) is 17.4 Å². The maximum Gasteiger partial charge on any atom is 0.101 e. The molecule has 0 aliphatic heterocycles. The molecule has 4 aliphatic carbocycles. The average Bonchev–Trinajstić information content (AvgIpc) is 2.93. The maximum atomic E-state index is 10.2. The molecule has 4 rings (SSSR count). The van der Waals surface area contributed by atoms with Crippen LogP contribution in [0.4, 0.5) is 0 Å². The minimum absolute atomic E-state index is 0.0323. The third-order valence-electron chi connectivity index (χ3n) is 9.74. The summed E-state index contributed by atoms with van der Waals surface area (Å²) in [5.74, 6) is 3.48. The van der Waals surface area contributed by atoms with E-state index in [9.17, 15) is 10.2 Å². The van der Waals surface area contributed by atoms with Crippen molar-refractivity contribution in [1.29, 1.82) is 0 Å². The van der Waals surface area contributed by atoms with Crippen molar-refractivity contribution in [3.05, 3.63) is 0 Å². The average molecular weight is 351 g/mol. The Hall–Kier alpha value is -0.120. The van der Waals surface area contributed by atoms with Crippen LogP contribution in [-0.4, -0.2) is 42.6 Å². The van der Waals surface area contributed by atoms with Crippen molar-refractivity contribution in [2.45, 2.75) is 83.8 Å². The van der Waals surface area contributed by atoms with Crippen LogP contribution in [0.2, 0.25) is 0 Å². The van der Waals surface area contributed by atoms with Crippen LogP contribution in [0.15, 0.2) is 0 Å². The Morgan fingerprint density at radius 1 is 0.920 bits per heavy atom. The maximum absolute atomic E-state index is 10.2. The predicted molar refractivity (Wildman–Crippen MR) is 100 cm³/mol. The highest BCUT2D eigenvalue weighted by molar-refractivity contribution is 5.09. The lowest BCUT2D eigenvalue weighted by Crippen LogP contribution is -3.14. The first-order valence-electron chi connectivity index (χ1n) is 11.0. The van der Waals surface area contributed by atoms with E-state index in [0.717, 1.165) is 49.1 Å². The van der Waals surface area contributed by atoms with Crippen LogP contribution >= 0.6 is 0 Å². The Morgan fingerprint density at radius 2 is 1.64 bits per heavy atom. The van der Waals surface area contributed by atoms with Crippen LogP contribution in [0.3, 0.4) is 0 Å². The second kappa shape index (κ2) is 6.49. The molecule has 3 N–H and O–H groups in total.